The monoisotopic (exact) mass is 225 g/mol. The van der Waals surface area contributed by atoms with E-state index >= 15 is 0 Å². The number of rotatable bonds is 1. The van der Waals surface area contributed by atoms with Crippen LogP contribution in [0.5, 0.6) is 0 Å². The zero-order chi connectivity index (χ0) is 10.1. The molecule has 0 saturated heterocycles. The Labute approximate surface area is 90.5 Å². The number of hydrogen-bond acceptors (Lipinski definition) is 2. The van der Waals surface area contributed by atoms with E-state index in [1.807, 2.05) is 6.07 Å². The number of aromatic nitrogens is 1. The standard InChI is InChI=1S/C10H5Cl2NO/c11-8-3-1-2-6-4-13-10(12)7(5-14)9(6)8/h1-5H. The molecule has 0 spiro atoms. The van der Waals surface area contributed by atoms with Crippen LogP contribution in [0.15, 0.2) is 24.4 Å². The molecule has 1 aromatic carbocycles. The van der Waals surface area contributed by atoms with Gasteiger partial charge in [0.05, 0.1) is 5.56 Å². The normalized spacial score (nSPS) is 10.4. The molecule has 0 aliphatic heterocycles. The lowest BCUT2D eigenvalue weighted by molar-refractivity contribution is 0.112. The molecular formula is C10H5Cl2NO. The highest BCUT2D eigenvalue weighted by atomic mass is 35.5. The Morgan fingerprint density at radius 1 is 1.29 bits per heavy atom. The van der Waals surface area contributed by atoms with Crippen molar-refractivity contribution < 1.29 is 4.79 Å². The minimum absolute atomic E-state index is 0.181. The van der Waals surface area contributed by atoms with Gasteiger partial charge in [0.1, 0.15) is 5.15 Å². The summed E-state index contributed by atoms with van der Waals surface area (Å²) in [6.07, 6.45) is 2.26. The Bertz CT molecular complexity index is 511. The Morgan fingerprint density at radius 2 is 2.07 bits per heavy atom. The molecule has 0 radical (unpaired) electrons. The van der Waals surface area contributed by atoms with Crippen LogP contribution in [0.4, 0.5) is 0 Å². The third kappa shape index (κ3) is 1.37. The van der Waals surface area contributed by atoms with Gasteiger partial charge in [-0.15, -0.1) is 0 Å². The van der Waals surface area contributed by atoms with Crippen LogP contribution in [-0.4, -0.2) is 11.3 Å². The summed E-state index contributed by atoms with van der Waals surface area (Å²) in [6.45, 7) is 0. The third-order valence-corrected chi connectivity index (χ3v) is 2.59. The van der Waals surface area contributed by atoms with Crippen molar-refractivity contribution in [1.29, 1.82) is 0 Å². The fourth-order valence-corrected chi connectivity index (χ4v) is 1.81. The molecule has 0 aliphatic rings. The lowest BCUT2D eigenvalue weighted by atomic mass is 10.1. The average molecular weight is 226 g/mol. The van der Waals surface area contributed by atoms with E-state index in [1.165, 1.54) is 0 Å². The molecule has 14 heavy (non-hydrogen) atoms. The molecular weight excluding hydrogens is 221 g/mol. The lowest BCUT2D eigenvalue weighted by Gasteiger charge is -2.03. The Balaban J connectivity index is 2.98. The molecule has 2 aromatic rings. The Hall–Kier alpha value is -1.12. The van der Waals surface area contributed by atoms with Gasteiger partial charge in [-0.05, 0) is 6.07 Å². The molecule has 0 aliphatic carbocycles. The number of benzene rings is 1. The first kappa shape index (κ1) is 9.44. The maximum Gasteiger partial charge on any atom is 0.153 e. The largest absolute Gasteiger partial charge is 0.298 e. The van der Waals surface area contributed by atoms with Crippen LogP contribution >= 0.6 is 23.2 Å². The molecule has 1 aromatic heterocycles. The summed E-state index contributed by atoms with van der Waals surface area (Å²) in [7, 11) is 0. The lowest BCUT2D eigenvalue weighted by Crippen LogP contribution is -1.89. The highest BCUT2D eigenvalue weighted by Crippen LogP contribution is 2.28. The highest BCUT2D eigenvalue weighted by molar-refractivity contribution is 6.38. The van der Waals surface area contributed by atoms with E-state index in [2.05, 4.69) is 4.98 Å². The highest BCUT2D eigenvalue weighted by Gasteiger charge is 2.08. The maximum atomic E-state index is 10.8. The second kappa shape index (κ2) is 3.56. The van der Waals surface area contributed by atoms with Gasteiger partial charge in [-0.1, -0.05) is 35.3 Å². The van der Waals surface area contributed by atoms with E-state index in [4.69, 9.17) is 23.2 Å². The summed E-state index contributed by atoms with van der Waals surface area (Å²) >= 11 is 11.7. The van der Waals surface area contributed by atoms with Crippen LogP contribution in [0, 0.1) is 0 Å². The summed E-state index contributed by atoms with van der Waals surface area (Å²) in [5.41, 5.74) is 0.342. The van der Waals surface area contributed by atoms with Crippen LogP contribution in [0.2, 0.25) is 10.2 Å². The van der Waals surface area contributed by atoms with Crippen molar-refractivity contribution >= 4 is 40.3 Å². The van der Waals surface area contributed by atoms with Gasteiger partial charge < -0.3 is 0 Å². The van der Waals surface area contributed by atoms with Gasteiger partial charge in [0.25, 0.3) is 0 Å². The molecule has 0 fully saturated rings. The van der Waals surface area contributed by atoms with Crippen molar-refractivity contribution in [3.05, 3.63) is 40.1 Å². The second-order valence-electron chi connectivity index (χ2n) is 2.78. The van der Waals surface area contributed by atoms with Crippen LogP contribution in [0.1, 0.15) is 10.4 Å². The summed E-state index contributed by atoms with van der Waals surface area (Å²) in [5.74, 6) is 0. The van der Waals surface area contributed by atoms with E-state index in [-0.39, 0.29) is 5.15 Å². The molecule has 0 saturated carbocycles. The topological polar surface area (TPSA) is 30.0 Å². The molecule has 0 amide bonds. The number of hydrogen-bond donors (Lipinski definition) is 0. The van der Waals surface area contributed by atoms with E-state index in [9.17, 15) is 4.79 Å². The number of aldehydes is 1. The molecule has 2 nitrogen and oxygen atoms in total. The Kier molecular flexibility index (Phi) is 2.40. The minimum atomic E-state index is 0.181. The van der Waals surface area contributed by atoms with E-state index < -0.39 is 0 Å². The summed E-state index contributed by atoms with van der Waals surface area (Å²) < 4.78 is 0. The molecule has 0 bridgehead atoms. The number of fused-ring (bicyclic) bond motifs is 1. The summed E-state index contributed by atoms with van der Waals surface area (Å²) in [5, 5.41) is 2.16. The van der Waals surface area contributed by atoms with Gasteiger partial charge in [0.15, 0.2) is 6.29 Å². The smallest absolute Gasteiger partial charge is 0.153 e. The molecule has 1 heterocycles. The van der Waals surface area contributed by atoms with Crippen molar-refractivity contribution in [2.24, 2.45) is 0 Å². The average Bonchev–Trinajstić information content (AvgIpc) is 2.19. The zero-order valence-electron chi connectivity index (χ0n) is 7.00. The van der Waals surface area contributed by atoms with Crippen molar-refractivity contribution in [3.8, 4) is 0 Å². The fourth-order valence-electron chi connectivity index (χ4n) is 1.34. The third-order valence-electron chi connectivity index (χ3n) is 1.97. The molecule has 0 atom stereocenters. The molecule has 70 valence electrons. The van der Waals surface area contributed by atoms with Crippen LogP contribution in [0.25, 0.3) is 10.8 Å². The van der Waals surface area contributed by atoms with E-state index in [0.717, 1.165) is 5.39 Å². The van der Waals surface area contributed by atoms with Crippen LogP contribution < -0.4 is 0 Å². The number of carbonyl (C=O) groups is 1. The van der Waals surface area contributed by atoms with Gasteiger partial charge in [-0.2, -0.15) is 0 Å². The van der Waals surface area contributed by atoms with Gasteiger partial charge in [-0.25, -0.2) is 4.98 Å². The van der Waals surface area contributed by atoms with Gasteiger partial charge >= 0.3 is 0 Å². The summed E-state index contributed by atoms with van der Waals surface area (Å²) in [4.78, 5) is 14.7. The van der Waals surface area contributed by atoms with Crippen molar-refractivity contribution in [3.63, 3.8) is 0 Å². The summed E-state index contributed by atoms with van der Waals surface area (Å²) in [6, 6.07) is 5.35. The maximum absolute atomic E-state index is 10.8. The van der Waals surface area contributed by atoms with E-state index in [0.29, 0.717) is 22.3 Å². The first-order valence-corrected chi connectivity index (χ1v) is 4.67. The van der Waals surface area contributed by atoms with Crippen molar-refractivity contribution in [2.45, 2.75) is 0 Å². The second-order valence-corrected chi connectivity index (χ2v) is 3.55. The predicted octanol–water partition coefficient (Wildman–Crippen LogP) is 3.35. The van der Waals surface area contributed by atoms with Crippen LogP contribution in [0.3, 0.4) is 0 Å². The van der Waals surface area contributed by atoms with Gasteiger partial charge in [0, 0.05) is 22.0 Å². The molecule has 0 N–H and O–H groups in total. The van der Waals surface area contributed by atoms with Crippen molar-refractivity contribution in [2.75, 3.05) is 0 Å². The first-order chi connectivity index (χ1) is 6.74. The SMILES string of the molecule is O=Cc1c(Cl)ncc2cccc(Cl)c12. The fraction of sp³-hybridized carbons (Fsp3) is 0. The number of pyridine rings is 1. The van der Waals surface area contributed by atoms with E-state index in [1.54, 1.807) is 18.3 Å². The number of nitrogens with zero attached hydrogens (tertiary/aromatic N) is 1. The number of carbonyl (C=O) groups excluding carboxylic acids is 1. The minimum Gasteiger partial charge on any atom is -0.298 e. The van der Waals surface area contributed by atoms with Crippen molar-refractivity contribution in [1.82, 2.24) is 4.98 Å². The quantitative estimate of drug-likeness (QED) is 0.551. The van der Waals surface area contributed by atoms with Gasteiger partial charge in [-0.3, -0.25) is 4.79 Å². The predicted molar refractivity (Wildman–Crippen MR) is 57.2 cm³/mol. The molecule has 0 unspecified atom stereocenters. The molecule has 2 rings (SSSR count). The van der Waals surface area contributed by atoms with Gasteiger partial charge in [0.2, 0.25) is 0 Å². The Morgan fingerprint density at radius 3 is 2.79 bits per heavy atom. The molecule has 4 heteroatoms. The van der Waals surface area contributed by atoms with Crippen LogP contribution in [-0.2, 0) is 0 Å². The number of halogens is 2. The zero-order valence-corrected chi connectivity index (χ0v) is 8.51. The first-order valence-electron chi connectivity index (χ1n) is 3.92.